The third kappa shape index (κ3) is 4.68. The molecule has 0 bridgehead atoms. The average molecular weight is 276 g/mol. The molecule has 0 aliphatic heterocycles. The number of hydrogen-bond donors (Lipinski definition) is 3. The SMILES string of the molecule is CS(=O)(=O)NCCNC(=O)c1cc(F)ccc1O. The van der Waals surface area contributed by atoms with Gasteiger partial charge in [0.1, 0.15) is 11.6 Å². The third-order valence-corrected chi connectivity index (χ3v) is 2.71. The number of sulfonamides is 1. The van der Waals surface area contributed by atoms with E-state index >= 15 is 0 Å². The minimum atomic E-state index is -3.31. The minimum absolute atomic E-state index is 0.0145. The Bertz CT molecular complexity index is 545. The summed E-state index contributed by atoms with van der Waals surface area (Å²) in [5, 5.41) is 11.7. The van der Waals surface area contributed by atoms with Crippen molar-refractivity contribution in [3.05, 3.63) is 29.6 Å². The topological polar surface area (TPSA) is 95.5 Å². The van der Waals surface area contributed by atoms with Gasteiger partial charge in [-0.25, -0.2) is 17.5 Å². The standard InChI is InChI=1S/C10H13FN2O4S/c1-18(16,17)13-5-4-12-10(15)8-6-7(11)2-3-9(8)14/h2-3,6,13-14H,4-5H2,1H3,(H,12,15). The van der Waals surface area contributed by atoms with Gasteiger partial charge >= 0.3 is 0 Å². The van der Waals surface area contributed by atoms with E-state index in [2.05, 4.69) is 10.0 Å². The van der Waals surface area contributed by atoms with Crippen LogP contribution in [0.5, 0.6) is 5.75 Å². The van der Waals surface area contributed by atoms with Gasteiger partial charge in [-0.15, -0.1) is 0 Å². The highest BCUT2D eigenvalue weighted by Crippen LogP contribution is 2.17. The van der Waals surface area contributed by atoms with Crippen molar-refractivity contribution >= 4 is 15.9 Å². The van der Waals surface area contributed by atoms with E-state index in [1.807, 2.05) is 0 Å². The summed E-state index contributed by atoms with van der Waals surface area (Å²) in [6, 6.07) is 2.99. The highest BCUT2D eigenvalue weighted by Gasteiger charge is 2.11. The molecule has 0 heterocycles. The predicted octanol–water partition coefficient (Wildman–Crippen LogP) is -0.190. The highest BCUT2D eigenvalue weighted by atomic mass is 32.2. The van der Waals surface area contributed by atoms with Crippen LogP contribution in [0.2, 0.25) is 0 Å². The summed E-state index contributed by atoms with van der Waals surface area (Å²) in [6.07, 6.45) is 0.993. The third-order valence-electron chi connectivity index (χ3n) is 1.98. The maximum atomic E-state index is 12.9. The van der Waals surface area contributed by atoms with Crippen LogP contribution in [-0.2, 0) is 10.0 Å². The maximum absolute atomic E-state index is 12.9. The number of carbonyl (C=O) groups is 1. The summed E-state index contributed by atoms with van der Waals surface area (Å²) in [6.45, 7) is 0.0442. The summed E-state index contributed by atoms with van der Waals surface area (Å²) in [7, 11) is -3.31. The number of phenols is 1. The van der Waals surface area contributed by atoms with Crippen LogP contribution in [0, 0.1) is 5.82 Å². The molecule has 1 aromatic carbocycles. The molecule has 0 aromatic heterocycles. The van der Waals surface area contributed by atoms with Crippen LogP contribution in [0.3, 0.4) is 0 Å². The van der Waals surface area contributed by atoms with Crippen molar-refractivity contribution in [2.45, 2.75) is 0 Å². The van der Waals surface area contributed by atoms with Gasteiger partial charge in [0.15, 0.2) is 0 Å². The number of amides is 1. The Labute approximate surface area is 104 Å². The van der Waals surface area contributed by atoms with Crippen LogP contribution in [0.1, 0.15) is 10.4 Å². The summed E-state index contributed by atoms with van der Waals surface area (Å²) in [5.74, 6) is -1.67. The van der Waals surface area contributed by atoms with Gasteiger partial charge in [-0.1, -0.05) is 0 Å². The van der Waals surface area contributed by atoms with Crippen molar-refractivity contribution in [3.63, 3.8) is 0 Å². The minimum Gasteiger partial charge on any atom is -0.507 e. The van der Waals surface area contributed by atoms with Gasteiger partial charge in [-0.2, -0.15) is 0 Å². The van der Waals surface area contributed by atoms with E-state index in [9.17, 15) is 22.7 Å². The Balaban J connectivity index is 2.53. The Morgan fingerprint density at radius 2 is 2.06 bits per heavy atom. The monoisotopic (exact) mass is 276 g/mol. The fourth-order valence-corrected chi connectivity index (χ4v) is 1.67. The number of aromatic hydroxyl groups is 1. The lowest BCUT2D eigenvalue weighted by molar-refractivity contribution is 0.0951. The lowest BCUT2D eigenvalue weighted by Crippen LogP contribution is -2.34. The van der Waals surface area contributed by atoms with E-state index in [1.165, 1.54) is 0 Å². The molecule has 0 unspecified atom stereocenters. The van der Waals surface area contributed by atoms with Crippen LogP contribution in [0.4, 0.5) is 4.39 Å². The molecule has 0 radical (unpaired) electrons. The Kier molecular flexibility index (Phi) is 4.62. The first kappa shape index (κ1) is 14.4. The first-order valence-electron chi connectivity index (χ1n) is 5.01. The van der Waals surface area contributed by atoms with Gasteiger partial charge in [0.05, 0.1) is 11.8 Å². The zero-order valence-electron chi connectivity index (χ0n) is 9.60. The van der Waals surface area contributed by atoms with E-state index in [0.29, 0.717) is 0 Å². The number of nitrogens with one attached hydrogen (secondary N) is 2. The van der Waals surface area contributed by atoms with Crippen LogP contribution in [-0.4, -0.2) is 38.8 Å². The van der Waals surface area contributed by atoms with Gasteiger partial charge in [-0.3, -0.25) is 4.79 Å². The zero-order chi connectivity index (χ0) is 13.8. The second-order valence-corrected chi connectivity index (χ2v) is 5.42. The molecule has 8 heteroatoms. The van der Waals surface area contributed by atoms with Crippen LogP contribution >= 0.6 is 0 Å². The van der Waals surface area contributed by atoms with Crippen molar-refractivity contribution in [1.29, 1.82) is 0 Å². The lowest BCUT2D eigenvalue weighted by Gasteiger charge is -2.07. The molecule has 0 spiro atoms. The summed E-state index contributed by atoms with van der Waals surface area (Å²) >= 11 is 0. The fourth-order valence-electron chi connectivity index (χ4n) is 1.20. The van der Waals surface area contributed by atoms with Gasteiger partial charge < -0.3 is 10.4 Å². The van der Waals surface area contributed by atoms with E-state index in [-0.39, 0.29) is 24.4 Å². The molecule has 1 rings (SSSR count). The molecule has 3 N–H and O–H groups in total. The van der Waals surface area contributed by atoms with Crippen molar-refractivity contribution in [1.82, 2.24) is 10.0 Å². The zero-order valence-corrected chi connectivity index (χ0v) is 10.4. The number of hydrogen-bond acceptors (Lipinski definition) is 4. The summed E-state index contributed by atoms with van der Waals surface area (Å²) in [4.78, 5) is 11.5. The second-order valence-electron chi connectivity index (χ2n) is 3.58. The summed E-state index contributed by atoms with van der Waals surface area (Å²) in [5.41, 5.74) is -0.200. The van der Waals surface area contributed by atoms with E-state index in [1.54, 1.807) is 0 Å². The quantitative estimate of drug-likeness (QED) is 0.650. The van der Waals surface area contributed by atoms with Crippen LogP contribution < -0.4 is 10.0 Å². The van der Waals surface area contributed by atoms with E-state index < -0.39 is 21.7 Å². The first-order valence-corrected chi connectivity index (χ1v) is 6.90. The molecule has 6 nitrogen and oxygen atoms in total. The van der Waals surface area contributed by atoms with Crippen molar-refractivity contribution in [3.8, 4) is 5.75 Å². The van der Waals surface area contributed by atoms with Crippen molar-refractivity contribution in [2.75, 3.05) is 19.3 Å². The molecule has 0 aliphatic rings. The highest BCUT2D eigenvalue weighted by molar-refractivity contribution is 7.88. The number of carbonyl (C=O) groups excluding carboxylic acids is 1. The molecule has 0 aliphatic carbocycles. The lowest BCUT2D eigenvalue weighted by atomic mass is 10.2. The van der Waals surface area contributed by atoms with Crippen molar-refractivity contribution < 1.29 is 22.7 Å². The van der Waals surface area contributed by atoms with E-state index in [4.69, 9.17) is 0 Å². The molecular formula is C10H13FN2O4S. The molecule has 18 heavy (non-hydrogen) atoms. The maximum Gasteiger partial charge on any atom is 0.255 e. The molecule has 0 saturated heterocycles. The normalized spacial score (nSPS) is 11.2. The number of phenolic OH excluding ortho intramolecular Hbond substituents is 1. The summed E-state index contributed by atoms with van der Waals surface area (Å²) < 4.78 is 36.5. The molecule has 1 amide bonds. The Morgan fingerprint density at radius 1 is 1.39 bits per heavy atom. The first-order chi connectivity index (χ1) is 8.29. The molecule has 0 saturated carbocycles. The fraction of sp³-hybridized carbons (Fsp3) is 0.300. The van der Waals surface area contributed by atoms with Gasteiger partial charge in [0, 0.05) is 13.1 Å². The second kappa shape index (κ2) is 5.78. The van der Waals surface area contributed by atoms with Gasteiger partial charge in [0.25, 0.3) is 5.91 Å². The number of rotatable bonds is 5. The van der Waals surface area contributed by atoms with Gasteiger partial charge in [-0.05, 0) is 18.2 Å². The predicted molar refractivity (Wildman–Crippen MR) is 63.2 cm³/mol. The molecule has 0 atom stereocenters. The molecule has 0 fully saturated rings. The number of benzene rings is 1. The van der Waals surface area contributed by atoms with E-state index in [0.717, 1.165) is 24.5 Å². The Morgan fingerprint density at radius 3 is 2.67 bits per heavy atom. The van der Waals surface area contributed by atoms with Gasteiger partial charge in [0.2, 0.25) is 10.0 Å². The number of halogens is 1. The molecule has 1 aromatic rings. The molecular weight excluding hydrogens is 263 g/mol. The van der Waals surface area contributed by atoms with Crippen LogP contribution in [0.25, 0.3) is 0 Å². The largest absolute Gasteiger partial charge is 0.507 e. The average Bonchev–Trinajstić information content (AvgIpc) is 2.26. The van der Waals surface area contributed by atoms with Crippen LogP contribution in [0.15, 0.2) is 18.2 Å². The Hall–Kier alpha value is -1.67. The van der Waals surface area contributed by atoms with Crippen molar-refractivity contribution in [2.24, 2.45) is 0 Å². The smallest absolute Gasteiger partial charge is 0.255 e. The molecule has 100 valence electrons.